The van der Waals surface area contributed by atoms with Crippen LogP contribution in [0.15, 0.2) is 43.0 Å². The molecule has 1 amide bonds. The SMILES string of the molecule is O=C(NCCCn1ccnc1)c1cc2c(F)cccc2s1. The monoisotopic (exact) mass is 303 g/mol. The molecule has 6 heteroatoms. The molecular formula is C15H14FN3OS. The molecule has 1 aromatic carbocycles. The van der Waals surface area contributed by atoms with Crippen molar-refractivity contribution in [2.75, 3.05) is 6.54 Å². The fourth-order valence-electron chi connectivity index (χ4n) is 2.11. The maximum atomic E-state index is 13.6. The van der Waals surface area contributed by atoms with Gasteiger partial charge in [-0.2, -0.15) is 0 Å². The summed E-state index contributed by atoms with van der Waals surface area (Å²) in [5.41, 5.74) is 0. The van der Waals surface area contributed by atoms with Crippen LogP contribution in [0.2, 0.25) is 0 Å². The molecular weight excluding hydrogens is 289 g/mol. The van der Waals surface area contributed by atoms with E-state index in [2.05, 4.69) is 10.3 Å². The average molecular weight is 303 g/mol. The number of rotatable bonds is 5. The lowest BCUT2D eigenvalue weighted by Crippen LogP contribution is -2.24. The molecule has 0 fully saturated rings. The summed E-state index contributed by atoms with van der Waals surface area (Å²) in [4.78, 5) is 16.5. The Morgan fingerprint density at radius 3 is 3.10 bits per heavy atom. The Hall–Kier alpha value is -2.21. The summed E-state index contributed by atoms with van der Waals surface area (Å²) in [5, 5.41) is 3.36. The number of fused-ring (bicyclic) bond motifs is 1. The van der Waals surface area contributed by atoms with Crippen molar-refractivity contribution in [3.8, 4) is 0 Å². The number of hydrogen-bond donors (Lipinski definition) is 1. The first-order chi connectivity index (χ1) is 10.2. The highest BCUT2D eigenvalue weighted by molar-refractivity contribution is 7.20. The summed E-state index contributed by atoms with van der Waals surface area (Å²) < 4.78 is 16.3. The molecule has 21 heavy (non-hydrogen) atoms. The number of halogens is 1. The highest BCUT2D eigenvalue weighted by Gasteiger charge is 2.11. The first-order valence-corrected chi connectivity index (χ1v) is 7.48. The number of carbonyl (C=O) groups is 1. The van der Waals surface area contributed by atoms with Gasteiger partial charge < -0.3 is 9.88 Å². The molecule has 0 atom stereocenters. The number of nitrogens with one attached hydrogen (secondary N) is 1. The maximum absolute atomic E-state index is 13.6. The Balaban J connectivity index is 1.58. The zero-order chi connectivity index (χ0) is 14.7. The topological polar surface area (TPSA) is 46.9 Å². The van der Waals surface area contributed by atoms with Crippen LogP contribution in [0.5, 0.6) is 0 Å². The highest BCUT2D eigenvalue weighted by Crippen LogP contribution is 2.27. The van der Waals surface area contributed by atoms with E-state index in [-0.39, 0.29) is 11.7 Å². The smallest absolute Gasteiger partial charge is 0.261 e. The Morgan fingerprint density at radius 1 is 1.43 bits per heavy atom. The number of hydrogen-bond acceptors (Lipinski definition) is 3. The molecule has 0 bridgehead atoms. The fourth-order valence-corrected chi connectivity index (χ4v) is 3.10. The standard InChI is InChI=1S/C15H14FN3OS/c16-12-3-1-4-13-11(12)9-14(21-13)15(20)18-5-2-7-19-8-6-17-10-19/h1,3-4,6,8-10H,2,5,7H2,(H,18,20). The van der Waals surface area contributed by atoms with Crippen LogP contribution in [0, 0.1) is 5.82 Å². The molecule has 108 valence electrons. The van der Waals surface area contributed by atoms with Gasteiger partial charge in [-0.05, 0) is 24.6 Å². The van der Waals surface area contributed by atoms with Crippen LogP contribution < -0.4 is 5.32 Å². The number of nitrogens with zero attached hydrogens (tertiary/aromatic N) is 2. The quantitative estimate of drug-likeness (QED) is 0.736. The number of carbonyl (C=O) groups excluding carboxylic acids is 1. The largest absolute Gasteiger partial charge is 0.351 e. The number of thiophene rings is 1. The molecule has 0 radical (unpaired) electrons. The van der Waals surface area contributed by atoms with Crippen LogP contribution in [0.4, 0.5) is 4.39 Å². The van der Waals surface area contributed by atoms with Crippen LogP contribution in [0.25, 0.3) is 10.1 Å². The van der Waals surface area contributed by atoms with Crippen molar-refractivity contribution in [1.29, 1.82) is 0 Å². The van der Waals surface area contributed by atoms with E-state index in [9.17, 15) is 9.18 Å². The Morgan fingerprint density at radius 2 is 2.33 bits per heavy atom. The van der Waals surface area contributed by atoms with Gasteiger partial charge in [0.05, 0.1) is 11.2 Å². The summed E-state index contributed by atoms with van der Waals surface area (Å²) in [7, 11) is 0. The molecule has 0 aliphatic heterocycles. The number of imidazole rings is 1. The molecule has 3 aromatic rings. The van der Waals surface area contributed by atoms with Gasteiger partial charge >= 0.3 is 0 Å². The van der Waals surface area contributed by atoms with Gasteiger partial charge in [0.25, 0.3) is 5.91 Å². The lowest BCUT2D eigenvalue weighted by atomic mass is 10.2. The van der Waals surface area contributed by atoms with Crippen molar-refractivity contribution in [1.82, 2.24) is 14.9 Å². The summed E-state index contributed by atoms with van der Waals surface area (Å²) in [5.74, 6) is -0.441. The van der Waals surface area contributed by atoms with E-state index in [1.165, 1.54) is 17.4 Å². The van der Waals surface area contributed by atoms with Gasteiger partial charge in [-0.1, -0.05) is 6.07 Å². The Kier molecular flexibility index (Phi) is 3.96. The van der Waals surface area contributed by atoms with E-state index < -0.39 is 0 Å². The predicted octanol–water partition coefficient (Wildman–Crippen LogP) is 3.06. The third-order valence-electron chi connectivity index (χ3n) is 3.17. The van der Waals surface area contributed by atoms with Crippen LogP contribution in [-0.2, 0) is 6.54 Å². The molecule has 0 aliphatic rings. The van der Waals surface area contributed by atoms with Crippen molar-refractivity contribution in [3.63, 3.8) is 0 Å². The lowest BCUT2D eigenvalue weighted by Gasteiger charge is -2.04. The van der Waals surface area contributed by atoms with E-state index in [1.807, 2.05) is 16.8 Å². The number of aromatic nitrogens is 2. The van der Waals surface area contributed by atoms with Crippen molar-refractivity contribution >= 4 is 27.3 Å². The second-order valence-corrected chi connectivity index (χ2v) is 5.76. The first-order valence-electron chi connectivity index (χ1n) is 6.66. The van der Waals surface area contributed by atoms with Crippen LogP contribution in [0.1, 0.15) is 16.1 Å². The lowest BCUT2D eigenvalue weighted by molar-refractivity contribution is 0.0957. The predicted molar refractivity (Wildman–Crippen MR) is 81.0 cm³/mol. The van der Waals surface area contributed by atoms with Crippen molar-refractivity contribution < 1.29 is 9.18 Å². The molecule has 0 saturated heterocycles. The van der Waals surface area contributed by atoms with Crippen molar-refractivity contribution in [3.05, 3.63) is 53.7 Å². The zero-order valence-corrected chi connectivity index (χ0v) is 12.1. The normalized spacial score (nSPS) is 10.9. The molecule has 4 nitrogen and oxygen atoms in total. The van der Waals surface area contributed by atoms with Crippen LogP contribution in [-0.4, -0.2) is 22.0 Å². The molecule has 0 spiro atoms. The van der Waals surface area contributed by atoms with Gasteiger partial charge in [0.1, 0.15) is 5.82 Å². The van der Waals surface area contributed by atoms with E-state index in [4.69, 9.17) is 0 Å². The Bertz CT molecular complexity index is 751. The summed E-state index contributed by atoms with van der Waals surface area (Å²) in [6, 6.07) is 6.49. The van der Waals surface area contributed by atoms with Gasteiger partial charge in [0, 0.05) is 35.6 Å². The van der Waals surface area contributed by atoms with E-state index >= 15 is 0 Å². The minimum Gasteiger partial charge on any atom is -0.351 e. The van der Waals surface area contributed by atoms with Crippen molar-refractivity contribution in [2.24, 2.45) is 0 Å². The Labute approximate surface area is 125 Å². The molecule has 0 unspecified atom stereocenters. The van der Waals surface area contributed by atoms with E-state index in [1.54, 1.807) is 24.7 Å². The van der Waals surface area contributed by atoms with Gasteiger partial charge in [0.2, 0.25) is 0 Å². The van der Waals surface area contributed by atoms with E-state index in [0.29, 0.717) is 16.8 Å². The fraction of sp³-hybridized carbons (Fsp3) is 0.200. The van der Waals surface area contributed by atoms with Gasteiger partial charge in [-0.3, -0.25) is 4.79 Å². The van der Waals surface area contributed by atoms with Gasteiger partial charge in [0.15, 0.2) is 0 Å². The maximum Gasteiger partial charge on any atom is 0.261 e. The molecule has 2 aromatic heterocycles. The van der Waals surface area contributed by atoms with Gasteiger partial charge in [-0.25, -0.2) is 9.37 Å². The zero-order valence-electron chi connectivity index (χ0n) is 11.3. The third kappa shape index (κ3) is 3.11. The van der Waals surface area contributed by atoms with Crippen LogP contribution >= 0.6 is 11.3 Å². The first kappa shape index (κ1) is 13.8. The molecule has 0 saturated carbocycles. The second-order valence-electron chi connectivity index (χ2n) is 4.67. The molecule has 0 aliphatic carbocycles. The minimum atomic E-state index is -0.289. The summed E-state index contributed by atoms with van der Waals surface area (Å²) in [6.45, 7) is 1.38. The summed E-state index contributed by atoms with van der Waals surface area (Å²) in [6.07, 6.45) is 6.18. The van der Waals surface area contributed by atoms with Crippen LogP contribution in [0.3, 0.4) is 0 Å². The summed E-state index contributed by atoms with van der Waals surface area (Å²) >= 11 is 1.31. The molecule has 2 heterocycles. The molecule has 3 rings (SSSR count). The second kappa shape index (κ2) is 6.05. The number of benzene rings is 1. The molecule has 1 N–H and O–H groups in total. The third-order valence-corrected chi connectivity index (χ3v) is 4.27. The number of amides is 1. The van der Waals surface area contributed by atoms with Gasteiger partial charge in [-0.15, -0.1) is 11.3 Å². The van der Waals surface area contributed by atoms with E-state index in [0.717, 1.165) is 17.7 Å². The van der Waals surface area contributed by atoms with Crippen molar-refractivity contribution in [2.45, 2.75) is 13.0 Å². The average Bonchev–Trinajstić information content (AvgIpc) is 3.13. The highest BCUT2D eigenvalue weighted by atomic mass is 32.1. The minimum absolute atomic E-state index is 0.152. The number of aryl methyl sites for hydroxylation is 1.